The maximum Gasteiger partial charge on any atom is 0.417 e. The Morgan fingerprint density at radius 2 is 1.82 bits per heavy atom. The maximum absolute atomic E-state index is 14.7. The van der Waals surface area contributed by atoms with Crippen LogP contribution in [0.15, 0.2) is 48.7 Å². The summed E-state index contributed by atoms with van der Waals surface area (Å²) in [5.41, 5.74) is -3.72. The van der Waals surface area contributed by atoms with Crippen LogP contribution in [-0.4, -0.2) is 36.9 Å². The van der Waals surface area contributed by atoms with Gasteiger partial charge < -0.3 is 10.2 Å². The number of phenols is 1. The molecule has 2 aromatic heterocycles. The molecule has 0 atom stereocenters. The number of carbonyl (C=O) groups is 2. The average Bonchev–Trinajstić information content (AvgIpc) is 3.13. The van der Waals surface area contributed by atoms with Gasteiger partial charge in [-0.25, -0.2) is 9.18 Å². The highest BCUT2D eigenvalue weighted by Crippen LogP contribution is 2.37. The van der Waals surface area contributed by atoms with Crippen LogP contribution in [0.4, 0.5) is 17.6 Å². The van der Waals surface area contributed by atoms with Crippen LogP contribution in [0, 0.1) is 5.82 Å². The number of carboxylic acid groups (broad SMARTS) is 1. The summed E-state index contributed by atoms with van der Waals surface area (Å²) in [5, 5.41) is 22.5. The van der Waals surface area contributed by atoms with Gasteiger partial charge in [0.2, 0.25) is 0 Å². The predicted molar refractivity (Wildman–Crippen MR) is 108 cm³/mol. The van der Waals surface area contributed by atoms with Crippen molar-refractivity contribution in [3.05, 3.63) is 76.2 Å². The lowest BCUT2D eigenvalue weighted by Crippen LogP contribution is -2.20. The molecule has 0 bridgehead atoms. The number of halogens is 5. The molecular formula is C21H10ClF4N3O4. The zero-order valence-electron chi connectivity index (χ0n) is 16.1. The molecule has 0 fully saturated rings. The number of benzene rings is 2. The molecule has 2 N–H and O–H groups in total. The molecular weight excluding hydrogens is 470 g/mol. The summed E-state index contributed by atoms with van der Waals surface area (Å²) in [4.78, 5) is 28.3. The second-order valence-electron chi connectivity index (χ2n) is 6.75. The largest absolute Gasteiger partial charge is 0.507 e. The molecule has 2 heterocycles. The minimum absolute atomic E-state index is 0.0632. The first-order valence-corrected chi connectivity index (χ1v) is 9.39. The van der Waals surface area contributed by atoms with E-state index in [1.807, 2.05) is 0 Å². The molecule has 168 valence electrons. The van der Waals surface area contributed by atoms with Crippen LogP contribution in [0.3, 0.4) is 0 Å². The van der Waals surface area contributed by atoms with Gasteiger partial charge in [0, 0.05) is 11.8 Å². The number of hydrogen-bond acceptors (Lipinski definition) is 5. The Bertz CT molecular complexity index is 1450. The van der Waals surface area contributed by atoms with Crippen molar-refractivity contribution in [2.45, 2.75) is 6.18 Å². The second kappa shape index (κ2) is 7.85. The van der Waals surface area contributed by atoms with E-state index in [1.165, 1.54) is 18.3 Å². The van der Waals surface area contributed by atoms with E-state index in [2.05, 4.69) is 10.1 Å². The number of alkyl halides is 3. The normalized spacial score (nSPS) is 11.7. The number of aromatic carboxylic acids is 1. The molecule has 0 amide bonds. The number of aromatic nitrogens is 3. The van der Waals surface area contributed by atoms with E-state index >= 15 is 0 Å². The molecule has 2 aromatic carbocycles. The highest BCUT2D eigenvalue weighted by molar-refractivity contribution is 6.34. The molecule has 0 saturated carbocycles. The van der Waals surface area contributed by atoms with Crippen molar-refractivity contribution in [2.75, 3.05) is 0 Å². The lowest BCUT2D eigenvalue weighted by molar-refractivity contribution is -0.137. The van der Waals surface area contributed by atoms with Gasteiger partial charge in [-0.15, -0.1) is 0 Å². The Balaban J connectivity index is 1.97. The number of aromatic hydroxyl groups is 1. The lowest BCUT2D eigenvalue weighted by atomic mass is 10.1. The summed E-state index contributed by atoms with van der Waals surface area (Å²) < 4.78 is 55.8. The smallest absolute Gasteiger partial charge is 0.417 e. The standard InChI is InChI=1S/C21H10ClF4N3O4/c22-12-4-1-3-11(21(24,25)26)16(12)19(31)29-14-5-2-6-27-18(14)17(28-29)9-8-15(30)10(20(32)33)7-13(9)23/h1-8,30H,(H,32,33). The maximum atomic E-state index is 14.7. The van der Waals surface area contributed by atoms with Crippen molar-refractivity contribution in [1.29, 1.82) is 0 Å². The molecule has 12 heteroatoms. The van der Waals surface area contributed by atoms with Crippen molar-refractivity contribution in [2.24, 2.45) is 0 Å². The van der Waals surface area contributed by atoms with Gasteiger partial charge in [0.1, 0.15) is 28.3 Å². The van der Waals surface area contributed by atoms with E-state index < -0.39 is 56.9 Å². The minimum Gasteiger partial charge on any atom is -0.507 e. The molecule has 4 rings (SSSR count). The topological polar surface area (TPSA) is 105 Å². The van der Waals surface area contributed by atoms with Crippen LogP contribution in [0.25, 0.3) is 22.3 Å². The predicted octanol–water partition coefficient (Wildman–Crippen LogP) is 5.00. The molecule has 4 aromatic rings. The van der Waals surface area contributed by atoms with Crippen molar-refractivity contribution in [1.82, 2.24) is 14.8 Å². The Labute approximate surface area is 186 Å². The summed E-state index contributed by atoms with van der Waals surface area (Å²) in [5.74, 6) is -4.72. The molecule has 0 radical (unpaired) electrons. The number of nitrogens with zero attached hydrogens (tertiary/aromatic N) is 3. The first-order chi connectivity index (χ1) is 15.5. The zero-order valence-corrected chi connectivity index (χ0v) is 16.8. The van der Waals surface area contributed by atoms with Crippen LogP contribution in [-0.2, 0) is 6.18 Å². The number of pyridine rings is 1. The zero-order chi connectivity index (χ0) is 24.1. The molecule has 0 aliphatic rings. The van der Waals surface area contributed by atoms with Crippen molar-refractivity contribution >= 4 is 34.5 Å². The van der Waals surface area contributed by atoms with Gasteiger partial charge in [0.05, 0.1) is 21.7 Å². The molecule has 0 spiro atoms. The van der Waals surface area contributed by atoms with Crippen molar-refractivity contribution in [3.8, 4) is 17.0 Å². The number of carbonyl (C=O) groups excluding carboxylic acids is 1. The molecule has 0 aliphatic heterocycles. The van der Waals surface area contributed by atoms with Crippen LogP contribution in [0.5, 0.6) is 5.75 Å². The fourth-order valence-corrected chi connectivity index (χ4v) is 3.54. The van der Waals surface area contributed by atoms with E-state index in [9.17, 15) is 32.3 Å². The van der Waals surface area contributed by atoms with Crippen LogP contribution < -0.4 is 0 Å². The average molecular weight is 480 g/mol. The third-order valence-corrected chi connectivity index (χ3v) is 5.05. The Morgan fingerprint density at radius 3 is 2.48 bits per heavy atom. The minimum atomic E-state index is -4.90. The molecule has 33 heavy (non-hydrogen) atoms. The SMILES string of the molecule is O=C(O)c1cc(F)c(-c2nn(C(=O)c3c(Cl)cccc3C(F)(F)F)c3cccnc23)cc1O. The Hall–Kier alpha value is -3.99. The summed E-state index contributed by atoms with van der Waals surface area (Å²) in [6.45, 7) is 0. The number of fused-ring (bicyclic) bond motifs is 1. The van der Waals surface area contributed by atoms with Gasteiger partial charge in [-0.05, 0) is 36.4 Å². The molecule has 0 unspecified atom stereocenters. The quantitative estimate of drug-likeness (QED) is 0.401. The highest BCUT2D eigenvalue weighted by atomic mass is 35.5. The first kappa shape index (κ1) is 22.2. The van der Waals surface area contributed by atoms with E-state index in [-0.39, 0.29) is 16.7 Å². The number of hydrogen-bond donors (Lipinski definition) is 2. The second-order valence-corrected chi connectivity index (χ2v) is 7.16. The van der Waals surface area contributed by atoms with Crippen LogP contribution >= 0.6 is 11.6 Å². The van der Waals surface area contributed by atoms with Crippen molar-refractivity contribution < 1.29 is 37.4 Å². The van der Waals surface area contributed by atoms with Gasteiger partial charge in [0.25, 0.3) is 5.91 Å². The van der Waals surface area contributed by atoms with E-state index in [0.717, 1.165) is 18.2 Å². The molecule has 0 saturated heterocycles. The fourth-order valence-electron chi connectivity index (χ4n) is 3.29. The Kier molecular flexibility index (Phi) is 5.29. The monoisotopic (exact) mass is 479 g/mol. The summed E-state index contributed by atoms with van der Waals surface area (Å²) in [6, 6.07) is 6.88. The van der Waals surface area contributed by atoms with Gasteiger partial charge in [-0.1, -0.05) is 17.7 Å². The van der Waals surface area contributed by atoms with Gasteiger partial charge in [-0.3, -0.25) is 9.78 Å². The number of carboxylic acids is 1. The van der Waals surface area contributed by atoms with E-state index in [0.29, 0.717) is 16.8 Å². The first-order valence-electron chi connectivity index (χ1n) is 9.01. The van der Waals surface area contributed by atoms with Crippen LogP contribution in [0.1, 0.15) is 26.3 Å². The van der Waals surface area contributed by atoms with Crippen LogP contribution in [0.2, 0.25) is 5.02 Å². The third-order valence-electron chi connectivity index (χ3n) is 4.74. The molecule has 0 aliphatic carbocycles. The fraction of sp³-hybridized carbons (Fsp3) is 0.0476. The number of rotatable bonds is 3. The lowest BCUT2D eigenvalue weighted by Gasteiger charge is -2.13. The van der Waals surface area contributed by atoms with Gasteiger partial charge >= 0.3 is 12.1 Å². The van der Waals surface area contributed by atoms with Crippen molar-refractivity contribution in [3.63, 3.8) is 0 Å². The summed E-state index contributed by atoms with van der Waals surface area (Å²) in [6.07, 6.45) is -3.62. The van der Waals surface area contributed by atoms with E-state index in [1.54, 1.807) is 0 Å². The van der Waals surface area contributed by atoms with Gasteiger partial charge in [0.15, 0.2) is 0 Å². The van der Waals surface area contributed by atoms with E-state index in [4.69, 9.17) is 16.7 Å². The summed E-state index contributed by atoms with van der Waals surface area (Å²) in [7, 11) is 0. The third kappa shape index (κ3) is 3.76. The Morgan fingerprint density at radius 1 is 1.09 bits per heavy atom. The summed E-state index contributed by atoms with van der Waals surface area (Å²) >= 11 is 5.92. The molecule has 7 nitrogen and oxygen atoms in total. The van der Waals surface area contributed by atoms with Gasteiger partial charge in [-0.2, -0.15) is 23.0 Å². The highest BCUT2D eigenvalue weighted by Gasteiger charge is 2.37.